The van der Waals surface area contributed by atoms with Crippen LogP contribution in [-0.2, 0) is 12.2 Å². The highest BCUT2D eigenvalue weighted by molar-refractivity contribution is 7.98. The van der Waals surface area contributed by atoms with Crippen LogP contribution in [0.25, 0.3) is 16.9 Å². The smallest absolute Gasteiger partial charge is 0.292 e. The van der Waals surface area contributed by atoms with Crippen molar-refractivity contribution >= 4 is 17.4 Å². The number of H-pyrrole nitrogens is 1. The number of nitrogens with zero attached hydrogens (tertiary/aromatic N) is 2. The number of aromatic nitrogens is 3. The number of aromatic amines is 1. The van der Waals surface area contributed by atoms with Gasteiger partial charge in [0.05, 0.1) is 11.4 Å². The van der Waals surface area contributed by atoms with E-state index in [1.54, 1.807) is 6.20 Å². The number of thioether (sulfide) groups is 1. The molecule has 2 aromatic heterocycles. The van der Waals surface area contributed by atoms with Gasteiger partial charge in [-0.3, -0.25) is 9.20 Å². The number of rotatable bonds is 3. The van der Waals surface area contributed by atoms with E-state index in [0.29, 0.717) is 5.65 Å². The van der Waals surface area contributed by atoms with Gasteiger partial charge in [0, 0.05) is 35.0 Å². The Morgan fingerprint density at radius 1 is 1.16 bits per heavy atom. The molecule has 0 aliphatic heterocycles. The van der Waals surface area contributed by atoms with Crippen molar-refractivity contribution in [2.24, 2.45) is 0 Å². The summed E-state index contributed by atoms with van der Waals surface area (Å²) in [7, 11) is 0. The molecular weight excluding hydrogens is 330 g/mol. The highest BCUT2D eigenvalue weighted by Crippen LogP contribution is 2.37. The molecule has 4 nitrogen and oxygen atoms in total. The van der Waals surface area contributed by atoms with E-state index in [9.17, 15) is 4.79 Å². The van der Waals surface area contributed by atoms with Gasteiger partial charge in [0.2, 0.25) is 5.65 Å². The number of imidazole rings is 1. The summed E-state index contributed by atoms with van der Waals surface area (Å²) in [6.07, 6.45) is 4.35. The zero-order valence-corrected chi connectivity index (χ0v) is 14.2. The Morgan fingerprint density at radius 2 is 2.04 bits per heavy atom. The lowest BCUT2D eigenvalue weighted by molar-refractivity contribution is 1.00. The molecule has 5 rings (SSSR count). The molecule has 0 saturated carbocycles. The monoisotopic (exact) mass is 345 g/mol. The van der Waals surface area contributed by atoms with Crippen LogP contribution in [0, 0.1) is 0 Å². The van der Waals surface area contributed by atoms with Crippen LogP contribution >= 0.6 is 11.8 Å². The van der Waals surface area contributed by atoms with E-state index in [-0.39, 0.29) is 5.56 Å². The zero-order valence-electron chi connectivity index (χ0n) is 13.4. The van der Waals surface area contributed by atoms with Crippen LogP contribution in [0.5, 0.6) is 0 Å². The molecule has 0 saturated heterocycles. The molecule has 5 heteroatoms. The highest BCUT2D eigenvalue weighted by atomic mass is 32.2. The van der Waals surface area contributed by atoms with Crippen molar-refractivity contribution in [2.75, 3.05) is 0 Å². The first-order valence-electron chi connectivity index (χ1n) is 8.18. The van der Waals surface area contributed by atoms with Gasteiger partial charge >= 0.3 is 0 Å². The van der Waals surface area contributed by atoms with Crippen LogP contribution < -0.4 is 5.56 Å². The van der Waals surface area contributed by atoms with Crippen molar-refractivity contribution in [1.29, 1.82) is 0 Å². The third-order valence-corrected chi connectivity index (χ3v) is 5.68. The summed E-state index contributed by atoms with van der Waals surface area (Å²) >= 11 is 1.84. The van der Waals surface area contributed by atoms with Gasteiger partial charge in [-0.05, 0) is 23.3 Å². The second-order valence-corrected chi connectivity index (χ2v) is 7.22. The molecule has 0 fully saturated rings. The molecule has 2 aromatic carbocycles. The van der Waals surface area contributed by atoms with E-state index < -0.39 is 0 Å². The minimum absolute atomic E-state index is 0.140. The highest BCUT2D eigenvalue weighted by Gasteiger charge is 2.23. The lowest BCUT2D eigenvalue weighted by Crippen LogP contribution is -2.13. The Morgan fingerprint density at radius 3 is 2.92 bits per heavy atom. The Balaban J connectivity index is 1.49. The molecule has 0 bridgehead atoms. The minimum atomic E-state index is -0.140. The minimum Gasteiger partial charge on any atom is -0.317 e. The molecule has 0 spiro atoms. The molecule has 0 amide bonds. The molecule has 1 N–H and O–H groups in total. The Labute approximate surface area is 148 Å². The third kappa shape index (κ3) is 2.39. The second kappa shape index (κ2) is 5.63. The predicted molar refractivity (Wildman–Crippen MR) is 100 cm³/mol. The molecular formula is C20H15N3OS. The van der Waals surface area contributed by atoms with Crippen LogP contribution in [0.1, 0.15) is 16.8 Å². The molecule has 4 aromatic rings. The summed E-state index contributed by atoms with van der Waals surface area (Å²) in [5.41, 5.74) is 6.04. The van der Waals surface area contributed by atoms with Crippen molar-refractivity contribution in [3.05, 3.63) is 88.1 Å². The van der Waals surface area contributed by atoms with E-state index in [0.717, 1.165) is 29.1 Å². The largest absolute Gasteiger partial charge is 0.317 e. The van der Waals surface area contributed by atoms with Crippen molar-refractivity contribution in [2.45, 2.75) is 17.1 Å². The van der Waals surface area contributed by atoms with Gasteiger partial charge in [-0.25, -0.2) is 4.98 Å². The number of hydrogen-bond acceptors (Lipinski definition) is 3. The van der Waals surface area contributed by atoms with Crippen LogP contribution in [0.3, 0.4) is 0 Å². The standard InChI is InChI=1S/C20H15N3OS/c24-20-19-21-8-9-23(19)17-11-14-10-15(6-7-16(14)18(17)22-20)25-12-13-4-2-1-3-5-13/h1-10H,11-12H2,(H,22,24). The summed E-state index contributed by atoms with van der Waals surface area (Å²) in [5.74, 6) is 0.954. The van der Waals surface area contributed by atoms with Crippen molar-refractivity contribution < 1.29 is 0 Å². The summed E-state index contributed by atoms with van der Waals surface area (Å²) < 4.78 is 1.91. The topological polar surface area (TPSA) is 50.2 Å². The van der Waals surface area contributed by atoms with E-state index in [2.05, 4.69) is 52.4 Å². The Kier molecular flexibility index (Phi) is 3.28. The fraction of sp³-hybridized carbons (Fsp3) is 0.100. The number of hydrogen-bond donors (Lipinski definition) is 1. The van der Waals surface area contributed by atoms with E-state index in [4.69, 9.17) is 0 Å². The summed E-state index contributed by atoms with van der Waals surface area (Å²) in [6, 6.07) is 17.0. The van der Waals surface area contributed by atoms with E-state index in [1.807, 2.05) is 28.4 Å². The second-order valence-electron chi connectivity index (χ2n) is 6.17. The first-order valence-corrected chi connectivity index (χ1v) is 9.16. The van der Waals surface area contributed by atoms with Crippen molar-refractivity contribution in [1.82, 2.24) is 14.4 Å². The van der Waals surface area contributed by atoms with Crippen LogP contribution in [-0.4, -0.2) is 14.4 Å². The van der Waals surface area contributed by atoms with Crippen LogP contribution in [0.4, 0.5) is 0 Å². The fourth-order valence-corrected chi connectivity index (χ4v) is 4.33. The van der Waals surface area contributed by atoms with Crippen LogP contribution in [0.15, 0.2) is 70.6 Å². The lowest BCUT2D eigenvalue weighted by Gasteiger charge is -2.05. The SMILES string of the molecule is O=c1[nH]c2c(n3ccnc13)Cc1cc(SCc3ccccc3)ccc1-2. The molecule has 0 unspecified atom stereocenters. The third-order valence-electron chi connectivity index (χ3n) is 4.61. The first kappa shape index (κ1) is 14.5. The van der Waals surface area contributed by atoms with Gasteiger partial charge in [-0.1, -0.05) is 36.4 Å². The number of nitrogens with one attached hydrogen (secondary N) is 1. The molecule has 1 aliphatic carbocycles. The maximum absolute atomic E-state index is 12.2. The van der Waals surface area contributed by atoms with Gasteiger partial charge in [0.1, 0.15) is 0 Å². The summed E-state index contributed by atoms with van der Waals surface area (Å²) in [6.45, 7) is 0. The van der Waals surface area contributed by atoms with Gasteiger partial charge in [-0.2, -0.15) is 0 Å². The number of fused-ring (bicyclic) bond motifs is 5. The summed E-state index contributed by atoms with van der Waals surface area (Å²) in [4.78, 5) is 20.6. The maximum Gasteiger partial charge on any atom is 0.292 e. The Hall–Kier alpha value is -2.79. The van der Waals surface area contributed by atoms with E-state index in [1.165, 1.54) is 16.0 Å². The fourth-order valence-electron chi connectivity index (χ4n) is 3.42. The average Bonchev–Trinajstić information content (AvgIpc) is 3.26. The predicted octanol–water partition coefficient (Wildman–Crippen LogP) is 3.89. The molecule has 122 valence electrons. The quantitative estimate of drug-likeness (QED) is 0.505. The molecule has 0 atom stereocenters. The summed E-state index contributed by atoms with van der Waals surface area (Å²) in [5, 5.41) is 0. The molecule has 0 radical (unpaired) electrons. The number of benzene rings is 2. The van der Waals surface area contributed by atoms with Crippen molar-refractivity contribution in [3.8, 4) is 11.3 Å². The lowest BCUT2D eigenvalue weighted by atomic mass is 10.1. The molecule has 1 aliphatic rings. The zero-order chi connectivity index (χ0) is 16.8. The van der Waals surface area contributed by atoms with Gasteiger partial charge < -0.3 is 4.98 Å². The van der Waals surface area contributed by atoms with Gasteiger partial charge in [-0.15, -0.1) is 11.8 Å². The maximum atomic E-state index is 12.2. The van der Waals surface area contributed by atoms with Gasteiger partial charge in [0.25, 0.3) is 5.56 Å². The van der Waals surface area contributed by atoms with Crippen LogP contribution in [0.2, 0.25) is 0 Å². The first-order chi connectivity index (χ1) is 12.3. The molecule has 2 heterocycles. The normalized spacial score (nSPS) is 12.3. The van der Waals surface area contributed by atoms with E-state index >= 15 is 0 Å². The molecule has 25 heavy (non-hydrogen) atoms. The van der Waals surface area contributed by atoms with Crippen molar-refractivity contribution in [3.63, 3.8) is 0 Å². The average molecular weight is 345 g/mol. The van der Waals surface area contributed by atoms with Gasteiger partial charge in [0.15, 0.2) is 0 Å². The Bertz CT molecular complexity index is 1140.